The molecule has 0 bridgehead atoms. The van der Waals surface area contributed by atoms with Crippen LogP contribution >= 0.6 is 15.9 Å². The SMILES string of the molecule is Cc1nc(C(F)(F)F)cn1C1=C(C=O)C=C1Br. The third-order valence-electron chi connectivity index (χ3n) is 2.32. The Hall–Kier alpha value is -1.37. The van der Waals surface area contributed by atoms with Crippen LogP contribution in [0.5, 0.6) is 0 Å². The molecule has 0 atom stereocenters. The van der Waals surface area contributed by atoms with E-state index in [0.29, 0.717) is 22.0 Å². The first-order valence-electron chi connectivity index (χ1n) is 4.55. The highest BCUT2D eigenvalue weighted by atomic mass is 79.9. The summed E-state index contributed by atoms with van der Waals surface area (Å²) in [6, 6.07) is 0. The predicted molar refractivity (Wildman–Crippen MR) is 58.3 cm³/mol. The number of carbonyl (C=O) groups is 1. The molecule has 1 aromatic rings. The number of aryl methyl sites for hydroxylation is 1. The summed E-state index contributed by atoms with van der Waals surface area (Å²) in [5.41, 5.74) is -0.230. The zero-order valence-electron chi connectivity index (χ0n) is 8.55. The molecule has 0 aliphatic heterocycles. The molecule has 0 fully saturated rings. The molecule has 0 amide bonds. The number of aromatic nitrogens is 2. The minimum Gasteiger partial charge on any atom is -0.301 e. The highest BCUT2D eigenvalue weighted by Gasteiger charge is 2.35. The van der Waals surface area contributed by atoms with Gasteiger partial charge in [0.1, 0.15) is 5.82 Å². The summed E-state index contributed by atoms with van der Waals surface area (Å²) in [5.74, 6) is 0.178. The van der Waals surface area contributed by atoms with Crippen molar-refractivity contribution in [2.75, 3.05) is 0 Å². The Labute approximate surface area is 103 Å². The van der Waals surface area contributed by atoms with Gasteiger partial charge in [0.25, 0.3) is 0 Å². The predicted octanol–water partition coefficient (Wildman–Crippen LogP) is 2.91. The molecule has 1 aliphatic carbocycles. The minimum atomic E-state index is -4.49. The van der Waals surface area contributed by atoms with Gasteiger partial charge in [-0.25, -0.2) is 4.98 Å². The molecule has 90 valence electrons. The van der Waals surface area contributed by atoms with Crippen LogP contribution < -0.4 is 0 Å². The summed E-state index contributed by atoms with van der Waals surface area (Å²) in [6.07, 6.45) is -1.48. The maximum atomic E-state index is 12.5. The van der Waals surface area contributed by atoms with Gasteiger partial charge < -0.3 is 4.57 Å². The third-order valence-corrected chi connectivity index (χ3v) is 2.93. The maximum Gasteiger partial charge on any atom is 0.434 e. The second kappa shape index (κ2) is 3.83. The molecule has 17 heavy (non-hydrogen) atoms. The lowest BCUT2D eigenvalue weighted by atomic mass is 10.1. The van der Waals surface area contributed by atoms with Crippen LogP contribution in [0.4, 0.5) is 13.2 Å². The number of alkyl halides is 3. The number of halogens is 4. The summed E-state index contributed by atoms with van der Waals surface area (Å²) in [7, 11) is 0. The molecule has 0 N–H and O–H groups in total. The number of carbonyl (C=O) groups excluding carboxylic acids is 1. The highest BCUT2D eigenvalue weighted by molar-refractivity contribution is 9.12. The largest absolute Gasteiger partial charge is 0.434 e. The Morgan fingerprint density at radius 2 is 2.12 bits per heavy atom. The minimum absolute atomic E-state index is 0.178. The molecule has 0 radical (unpaired) electrons. The number of aldehydes is 1. The molecule has 1 heterocycles. The van der Waals surface area contributed by atoms with E-state index in [1.54, 1.807) is 0 Å². The van der Waals surface area contributed by atoms with E-state index in [1.807, 2.05) is 0 Å². The second-order valence-electron chi connectivity index (χ2n) is 3.46. The van der Waals surface area contributed by atoms with Crippen LogP contribution in [0.2, 0.25) is 0 Å². The molecule has 1 aliphatic rings. The Morgan fingerprint density at radius 3 is 2.53 bits per heavy atom. The Balaban J connectivity index is 2.48. The lowest BCUT2D eigenvalue weighted by molar-refractivity contribution is -0.141. The summed E-state index contributed by atoms with van der Waals surface area (Å²) in [5, 5.41) is 0. The van der Waals surface area contributed by atoms with Gasteiger partial charge >= 0.3 is 6.18 Å². The molecular weight excluding hydrogens is 301 g/mol. The van der Waals surface area contributed by atoms with Gasteiger partial charge in [-0.05, 0) is 28.9 Å². The molecule has 7 heteroatoms. The van der Waals surface area contributed by atoms with Gasteiger partial charge in [-0.15, -0.1) is 0 Å². The van der Waals surface area contributed by atoms with Crippen molar-refractivity contribution in [1.82, 2.24) is 9.55 Å². The fourth-order valence-corrected chi connectivity index (χ4v) is 2.18. The molecule has 0 saturated carbocycles. The van der Waals surface area contributed by atoms with E-state index >= 15 is 0 Å². The summed E-state index contributed by atoms with van der Waals surface area (Å²) >= 11 is 3.15. The lowest BCUT2D eigenvalue weighted by Gasteiger charge is -2.18. The first kappa shape index (κ1) is 12.1. The molecule has 2 rings (SSSR count). The average molecular weight is 307 g/mol. The topological polar surface area (TPSA) is 34.9 Å². The first-order valence-corrected chi connectivity index (χ1v) is 5.34. The van der Waals surface area contributed by atoms with Gasteiger partial charge in [-0.1, -0.05) is 0 Å². The van der Waals surface area contributed by atoms with Crippen LogP contribution in [0.1, 0.15) is 11.5 Å². The van der Waals surface area contributed by atoms with Gasteiger partial charge in [-0.3, -0.25) is 4.79 Å². The van der Waals surface area contributed by atoms with E-state index in [9.17, 15) is 18.0 Å². The Morgan fingerprint density at radius 1 is 1.47 bits per heavy atom. The Kier molecular flexibility index (Phi) is 2.73. The normalized spacial score (nSPS) is 15.7. The third kappa shape index (κ3) is 1.95. The number of hydrogen-bond donors (Lipinski definition) is 0. The van der Waals surface area contributed by atoms with E-state index in [2.05, 4.69) is 20.9 Å². The fourth-order valence-electron chi connectivity index (χ4n) is 1.51. The van der Waals surface area contributed by atoms with Crippen molar-refractivity contribution in [3.8, 4) is 0 Å². The van der Waals surface area contributed by atoms with Crippen LogP contribution in [0, 0.1) is 6.92 Å². The van der Waals surface area contributed by atoms with Crippen LogP contribution in [0.3, 0.4) is 0 Å². The van der Waals surface area contributed by atoms with Gasteiger partial charge in [0.05, 0.1) is 5.70 Å². The lowest BCUT2D eigenvalue weighted by Crippen LogP contribution is -2.09. The van der Waals surface area contributed by atoms with E-state index in [1.165, 1.54) is 17.6 Å². The van der Waals surface area contributed by atoms with Gasteiger partial charge in [-0.2, -0.15) is 13.2 Å². The number of nitrogens with zero attached hydrogens (tertiary/aromatic N) is 2. The standard InChI is InChI=1S/C10H6BrF3N2O/c1-5-15-8(10(12,13)14)3-16(5)9-6(4-17)2-7(9)11/h2-4H,1H3. The average Bonchev–Trinajstić information content (AvgIpc) is 2.56. The Bertz CT molecular complexity index is 554. The fraction of sp³-hybridized carbons (Fsp3) is 0.200. The molecule has 0 saturated heterocycles. The maximum absolute atomic E-state index is 12.5. The summed E-state index contributed by atoms with van der Waals surface area (Å²) < 4.78 is 39.2. The molecule has 1 aromatic heterocycles. The van der Waals surface area contributed by atoms with E-state index in [4.69, 9.17) is 0 Å². The van der Waals surface area contributed by atoms with Gasteiger partial charge in [0.2, 0.25) is 0 Å². The van der Waals surface area contributed by atoms with Gasteiger partial charge in [0, 0.05) is 16.3 Å². The van der Waals surface area contributed by atoms with Crippen molar-refractivity contribution in [2.45, 2.75) is 13.1 Å². The van der Waals surface area contributed by atoms with Crippen LogP contribution in [-0.4, -0.2) is 15.8 Å². The van der Waals surface area contributed by atoms with Crippen molar-refractivity contribution in [1.29, 1.82) is 0 Å². The highest BCUT2D eigenvalue weighted by Crippen LogP contribution is 2.37. The molecule has 0 spiro atoms. The van der Waals surface area contributed by atoms with Crippen molar-refractivity contribution >= 4 is 27.9 Å². The smallest absolute Gasteiger partial charge is 0.301 e. The quantitative estimate of drug-likeness (QED) is 0.788. The van der Waals surface area contributed by atoms with Crippen molar-refractivity contribution in [3.63, 3.8) is 0 Å². The molecule has 3 nitrogen and oxygen atoms in total. The monoisotopic (exact) mass is 306 g/mol. The van der Waals surface area contributed by atoms with E-state index < -0.39 is 11.9 Å². The molecule has 0 unspecified atom stereocenters. The van der Waals surface area contributed by atoms with E-state index in [0.717, 1.165) is 6.20 Å². The molecule has 0 aromatic carbocycles. The van der Waals surface area contributed by atoms with Crippen molar-refractivity contribution < 1.29 is 18.0 Å². The number of hydrogen-bond acceptors (Lipinski definition) is 2. The van der Waals surface area contributed by atoms with Crippen molar-refractivity contribution in [3.05, 3.63) is 33.8 Å². The summed E-state index contributed by atoms with van der Waals surface area (Å²) in [6.45, 7) is 1.45. The van der Waals surface area contributed by atoms with Crippen LogP contribution in [0.25, 0.3) is 5.70 Å². The van der Waals surface area contributed by atoms with Crippen LogP contribution in [0.15, 0.2) is 22.3 Å². The van der Waals surface area contributed by atoms with Crippen LogP contribution in [-0.2, 0) is 11.0 Å². The number of imidazole rings is 1. The van der Waals surface area contributed by atoms with Gasteiger partial charge in [0.15, 0.2) is 12.0 Å². The zero-order chi connectivity index (χ0) is 12.8. The molecular formula is C10H6BrF3N2O. The van der Waals surface area contributed by atoms with E-state index in [-0.39, 0.29) is 5.82 Å². The zero-order valence-corrected chi connectivity index (χ0v) is 10.1. The first-order chi connectivity index (χ1) is 7.84. The number of rotatable bonds is 2. The number of allylic oxidation sites excluding steroid dienone is 4. The summed E-state index contributed by atoms with van der Waals surface area (Å²) in [4.78, 5) is 14.1. The second-order valence-corrected chi connectivity index (χ2v) is 4.31. The van der Waals surface area contributed by atoms with Crippen molar-refractivity contribution in [2.24, 2.45) is 0 Å².